The highest BCUT2D eigenvalue weighted by Crippen LogP contribution is 2.46. The summed E-state index contributed by atoms with van der Waals surface area (Å²) in [4.78, 5) is 14.3. The number of para-hydroxylation sites is 1. The van der Waals surface area contributed by atoms with Gasteiger partial charge in [0.25, 0.3) is 0 Å². The Morgan fingerprint density at radius 2 is 1.21 bits per heavy atom. The van der Waals surface area contributed by atoms with Gasteiger partial charge in [-0.2, -0.15) is 0 Å². The molecule has 6 aromatic carbocycles. The van der Waals surface area contributed by atoms with Crippen molar-refractivity contribution >= 4 is 180 Å². The first-order valence-electron chi connectivity index (χ1n) is 19.8. The van der Waals surface area contributed by atoms with E-state index in [9.17, 15) is 0 Å². The van der Waals surface area contributed by atoms with E-state index in [2.05, 4.69) is 89.2 Å². The van der Waals surface area contributed by atoms with Crippen LogP contribution in [0, 0.1) is 5.92 Å². The van der Waals surface area contributed by atoms with Crippen molar-refractivity contribution in [1.82, 2.24) is 4.57 Å². The van der Waals surface area contributed by atoms with E-state index in [0.717, 1.165) is 56.5 Å². The SMILES string of the molecule is [B]c1c([B])c([B])c(C(N=C)=NC(=Nc2ccccc2-c2c(NC)ccc3c2c2c(n3-c3cccc(-c4ccccc4)c3)CC(C)C=C2)c2c([B])c([B])c([B])c([B])c2[B])c([B])c1[B]. The fourth-order valence-electron chi connectivity index (χ4n) is 8.20. The second-order valence-electron chi connectivity index (χ2n) is 15.2. The molecule has 1 N–H and O–H groups in total. The Hall–Kier alpha value is -5.94. The Balaban J connectivity index is 1.44. The molecule has 20 radical (unpaired) electrons. The lowest BCUT2D eigenvalue weighted by molar-refractivity contribution is 0.690. The fourth-order valence-corrected chi connectivity index (χ4v) is 8.20. The van der Waals surface area contributed by atoms with Gasteiger partial charge in [-0.25, -0.2) is 15.0 Å². The van der Waals surface area contributed by atoms with Gasteiger partial charge in [-0.05, 0) is 60.5 Å². The number of benzene rings is 6. The predicted octanol–water partition coefficient (Wildman–Crippen LogP) is -0.625. The van der Waals surface area contributed by atoms with Crippen LogP contribution in [-0.2, 0) is 6.42 Å². The van der Waals surface area contributed by atoms with Crippen molar-refractivity contribution in [2.45, 2.75) is 13.3 Å². The zero-order valence-electron chi connectivity index (χ0n) is 34.4. The lowest BCUT2D eigenvalue weighted by Crippen LogP contribution is -2.57. The van der Waals surface area contributed by atoms with Gasteiger partial charge in [0.2, 0.25) is 0 Å². The number of anilines is 1. The smallest absolute Gasteiger partial charge is 0.161 e. The Bertz CT molecular complexity index is 3020. The van der Waals surface area contributed by atoms with Crippen LogP contribution in [0.4, 0.5) is 11.4 Å². The number of nitrogens with one attached hydrogen (secondary N) is 1. The number of hydrogen-bond acceptors (Lipinski definition) is 2. The summed E-state index contributed by atoms with van der Waals surface area (Å²) in [5.74, 6) is 0.138. The minimum Gasteiger partial charge on any atom is -0.388 e. The van der Waals surface area contributed by atoms with Crippen molar-refractivity contribution in [3.63, 3.8) is 0 Å². The van der Waals surface area contributed by atoms with Crippen molar-refractivity contribution in [1.29, 1.82) is 0 Å². The van der Waals surface area contributed by atoms with Crippen molar-refractivity contribution in [3.8, 4) is 27.9 Å². The summed E-state index contributed by atoms with van der Waals surface area (Å²) >= 11 is 0. The molecule has 1 atom stereocenters. The van der Waals surface area contributed by atoms with Crippen LogP contribution in [0.5, 0.6) is 0 Å². The molecule has 7 aromatic rings. The monoisotopic (exact) mass is 773 g/mol. The third kappa shape index (κ3) is 7.23. The maximum atomic E-state index is 6.69. The van der Waals surface area contributed by atoms with Crippen LogP contribution >= 0.6 is 0 Å². The highest BCUT2D eigenvalue weighted by Gasteiger charge is 2.27. The molecule has 1 heterocycles. The fraction of sp³-hybridized carbons (Fsp3) is 0.0851. The molecule has 62 heavy (non-hydrogen) atoms. The first-order valence-corrected chi connectivity index (χ1v) is 19.8. The van der Waals surface area contributed by atoms with Crippen molar-refractivity contribution in [2.24, 2.45) is 20.9 Å². The first kappa shape index (κ1) is 42.7. The number of hydrogen-bond donors (Lipinski definition) is 1. The minimum atomic E-state index is -0.108. The topological polar surface area (TPSA) is 54.0 Å². The van der Waals surface area contributed by atoms with Crippen LogP contribution in [0.3, 0.4) is 0 Å². The molecule has 0 aliphatic heterocycles. The van der Waals surface area contributed by atoms with Crippen LogP contribution in [0.15, 0.2) is 112 Å². The summed E-state index contributed by atoms with van der Waals surface area (Å²) in [5.41, 5.74) is 9.65. The van der Waals surface area contributed by atoms with E-state index in [1.54, 1.807) is 0 Å². The van der Waals surface area contributed by atoms with Crippen LogP contribution in [0.25, 0.3) is 44.9 Å². The predicted molar refractivity (Wildman–Crippen MR) is 275 cm³/mol. The van der Waals surface area contributed by atoms with E-state index >= 15 is 0 Å². The molecular weight excluding hydrogens is 743 g/mol. The molecule has 1 aromatic heterocycles. The normalized spacial score (nSPS) is 13.9. The molecule has 0 fully saturated rings. The number of fused-ring (bicyclic) bond motifs is 3. The summed E-state index contributed by atoms with van der Waals surface area (Å²) in [6.07, 6.45) is 5.29. The zero-order valence-corrected chi connectivity index (χ0v) is 34.4. The van der Waals surface area contributed by atoms with Gasteiger partial charge in [-0.3, -0.25) is 0 Å². The lowest BCUT2D eigenvalue weighted by atomic mass is 9.60. The average molecular weight is 772 g/mol. The van der Waals surface area contributed by atoms with E-state index in [1.807, 2.05) is 49.5 Å². The van der Waals surface area contributed by atoms with Gasteiger partial charge >= 0.3 is 0 Å². The van der Waals surface area contributed by atoms with Crippen molar-refractivity contribution in [3.05, 3.63) is 119 Å². The molecule has 1 unspecified atom stereocenters. The van der Waals surface area contributed by atoms with Gasteiger partial charge in [0.15, 0.2) is 11.7 Å². The molecule has 0 amide bonds. The van der Waals surface area contributed by atoms with E-state index in [4.69, 9.17) is 88.4 Å². The van der Waals surface area contributed by atoms with Crippen molar-refractivity contribution < 1.29 is 0 Å². The molecule has 0 spiro atoms. The van der Waals surface area contributed by atoms with Gasteiger partial charge in [-0.1, -0.05) is 102 Å². The van der Waals surface area contributed by atoms with E-state index < -0.39 is 0 Å². The second-order valence-corrected chi connectivity index (χ2v) is 15.2. The van der Waals surface area contributed by atoms with Crippen LogP contribution in [0.1, 0.15) is 29.3 Å². The molecule has 1 aliphatic carbocycles. The molecule has 1 aliphatic rings. The molecule has 8 rings (SSSR count). The van der Waals surface area contributed by atoms with Gasteiger partial charge in [-0.15, -0.1) is 32.8 Å². The molecule has 0 bridgehead atoms. The number of rotatable bonds is 7. The van der Waals surface area contributed by atoms with Gasteiger partial charge in [0.1, 0.15) is 78.5 Å². The van der Waals surface area contributed by atoms with Crippen molar-refractivity contribution in [2.75, 3.05) is 12.4 Å². The Kier molecular flexibility index (Phi) is 11.8. The number of amidine groups is 2. The summed E-state index contributed by atoms with van der Waals surface area (Å²) in [6, 6.07) is 30.9. The number of aliphatic imine (C=N–C) groups is 3. The summed E-state index contributed by atoms with van der Waals surface area (Å²) in [7, 11) is 66.0. The quantitative estimate of drug-likeness (QED) is 0.131. The van der Waals surface area contributed by atoms with E-state index in [-0.39, 0.29) is 77.4 Å². The van der Waals surface area contributed by atoms with E-state index in [1.165, 1.54) is 5.69 Å². The summed E-state index contributed by atoms with van der Waals surface area (Å²) < 4.78 is 2.36. The Morgan fingerprint density at radius 3 is 1.82 bits per heavy atom. The average Bonchev–Trinajstić information content (AvgIpc) is 3.62. The maximum Gasteiger partial charge on any atom is 0.161 e. The minimum absolute atomic E-state index is 0.00919. The highest BCUT2D eigenvalue weighted by molar-refractivity contribution is 6.70. The largest absolute Gasteiger partial charge is 0.388 e. The molecule has 272 valence electrons. The molecule has 0 saturated heterocycles. The van der Waals surface area contributed by atoms with Crippen LogP contribution in [0.2, 0.25) is 0 Å². The third-order valence-electron chi connectivity index (χ3n) is 11.5. The zero-order chi connectivity index (χ0) is 44.1. The number of nitrogens with zero attached hydrogens (tertiary/aromatic N) is 4. The summed E-state index contributed by atoms with van der Waals surface area (Å²) in [5, 5.41) is 4.47. The second kappa shape index (κ2) is 17.1. The number of aromatic nitrogens is 1. The lowest BCUT2D eigenvalue weighted by Gasteiger charge is -2.23. The first-order chi connectivity index (χ1) is 29.8. The van der Waals surface area contributed by atoms with Gasteiger partial charge in [0.05, 0.1) is 11.2 Å². The third-order valence-corrected chi connectivity index (χ3v) is 11.5. The van der Waals surface area contributed by atoms with E-state index in [0.29, 0.717) is 11.6 Å². The Labute approximate surface area is 376 Å². The molecule has 0 saturated carbocycles. The standard InChI is InChI=1S/C47H29B10N5/c1-22-16-17-27-31(20-22)62(25-13-9-12-24(21-25)23-10-5-4-6-11-23)30-19-18-29(58-2)32(33(27)30)26-14-7-8-15-28(26)60-47(35-38(50)42(54)45(57)43(55)39(35)51)61-46(59-3)34-36(48)40(52)44(56)41(53)37(34)49/h4-19,21-22,58H,3,20H2,1-2H3. The highest BCUT2D eigenvalue weighted by atomic mass is 15.0. The van der Waals surface area contributed by atoms with Crippen LogP contribution in [-0.4, -0.2) is 108 Å². The van der Waals surface area contributed by atoms with Gasteiger partial charge < -0.3 is 9.88 Å². The number of allylic oxidation sites excluding steroid dienone is 1. The van der Waals surface area contributed by atoms with Crippen LogP contribution < -0.4 is 59.9 Å². The molecule has 15 heteroatoms. The molecule has 5 nitrogen and oxygen atoms in total. The van der Waals surface area contributed by atoms with Gasteiger partial charge in [0, 0.05) is 57.3 Å². The summed E-state index contributed by atoms with van der Waals surface area (Å²) in [6.45, 7) is 5.98. The Morgan fingerprint density at radius 1 is 0.645 bits per heavy atom. The maximum absolute atomic E-state index is 6.69. The molecular formula is C47H29B10N5.